The van der Waals surface area contributed by atoms with Gasteiger partial charge in [0.2, 0.25) is 5.91 Å². The van der Waals surface area contributed by atoms with Crippen LogP contribution in [0.2, 0.25) is 0 Å². The highest BCUT2D eigenvalue weighted by atomic mass is 32.2. The zero-order valence-electron chi connectivity index (χ0n) is 20.6. The quantitative estimate of drug-likeness (QED) is 0.204. The van der Waals surface area contributed by atoms with E-state index in [2.05, 4.69) is 20.5 Å². The summed E-state index contributed by atoms with van der Waals surface area (Å²) in [4.78, 5) is 17.7. The van der Waals surface area contributed by atoms with E-state index in [0.717, 1.165) is 33.8 Å². The van der Waals surface area contributed by atoms with Crippen molar-refractivity contribution in [2.24, 2.45) is 0 Å². The second-order valence-electron chi connectivity index (χ2n) is 8.69. The molecule has 1 N–H and O–H groups in total. The fraction of sp³-hybridized carbons (Fsp3) is 0.143. The zero-order valence-corrected chi connectivity index (χ0v) is 22.3. The molecule has 0 aliphatic heterocycles. The minimum absolute atomic E-state index is 0.0708. The molecule has 39 heavy (non-hydrogen) atoms. The van der Waals surface area contributed by atoms with Gasteiger partial charge in [0.25, 0.3) is 0 Å². The Morgan fingerprint density at radius 3 is 2.51 bits per heavy atom. The summed E-state index contributed by atoms with van der Waals surface area (Å²) in [5.41, 5.74) is 2.73. The SMILES string of the molecule is Cc1ccc(-n2c(SCC(=O)Nc3ncc(Cc4cccc(C(F)(F)F)c4)s3)nnc2-c2ccccc2)cc1. The van der Waals surface area contributed by atoms with Crippen LogP contribution in [0.1, 0.15) is 21.6 Å². The molecular weight excluding hydrogens is 543 g/mol. The van der Waals surface area contributed by atoms with Crippen LogP contribution in [0.15, 0.2) is 90.2 Å². The van der Waals surface area contributed by atoms with Crippen LogP contribution >= 0.6 is 23.1 Å². The van der Waals surface area contributed by atoms with Crippen LogP contribution in [0.4, 0.5) is 18.3 Å². The molecule has 5 rings (SSSR count). The first-order valence-electron chi connectivity index (χ1n) is 11.9. The van der Waals surface area contributed by atoms with Gasteiger partial charge in [0.1, 0.15) is 0 Å². The minimum Gasteiger partial charge on any atom is -0.301 e. The lowest BCUT2D eigenvalue weighted by molar-refractivity contribution is -0.137. The third kappa shape index (κ3) is 6.55. The molecule has 0 atom stereocenters. The van der Waals surface area contributed by atoms with E-state index in [1.54, 1.807) is 12.3 Å². The zero-order chi connectivity index (χ0) is 27.4. The number of alkyl halides is 3. The lowest BCUT2D eigenvalue weighted by Crippen LogP contribution is -2.14. The van der Waals surface area contributed by atoms with E-state index >= 15 is 0 Å². The lowest BCUT2D eigenvalue weighted by Gasteiger charge is -2.10. The standard InChI is InChI=1S/C28H22F3N5OS2/c1-18-10-12-22(13-11-18)36-25(20-7-3-2-4-8-20)34-35-27(36)38-17-24(37)33-26-32-16-23(39-26)15-19-6-5-9-21(14-19)28(29,30)31/h2-14,16H,15,17H2,1H3,(H,32,33,37). The Hall–Kier alpha value is -3.96. The first-order valence-corrected chi connectivity index (χ1v) is 13.7. The predicted octanol–water partition coefficient (Wildman–Crippen LogP) is 7.04. The van der Waals surface area contributed by atoms with Gasteiger partial charge in [-0.15, -0.1) is 21.5 Å². The summed E-state index contributed by atoms with van der Waals surface area (Å²) in [7, 11) is 0. The van der Waals surface area contributed by atoms with Gasteiger partial charge < -0.3 is 5.32 Å². The first kappa shape index (κ1) is 26.6. The molecule has 1 amide bonds. The molecule has 2 aromatic heterocycles. The summed E-state index contributed by atoms with van der Waals surface area (Å²) in [6.45, 7) is 2.01. The second kappa shape index (κ2) is 11.4. The molecule has 5 aromatic rings. The first-order chi connectivity index (χ1) is 18.8. The molecule has 198 valence electrons. The second-order valence-corrected chi connectivity index (χ2v) is 10.7. The summed E-state index contributed by atoms with van der Waals surface area (Å²) < 4.78 is 40.9. The summed E-state index contributed by atoms with van der Waals surface area (Å²) in [6.07, 6.45) is -2.55. The van der Waals surface area contributed by atoms with Crippen molar-refractivity contribution in [3.05, 3.63) is 107 Å². The van der Waals surface area contributed by atoms with Crippen LogP contribution < -0.4 is 5.32 Å². The van der Waals surface area contributed by atoms with E-state index in [-0.39, 0.29) is 18.1 Å². The average Bonchev–Trinajstić information content (AvgIpc) is 3.55. The number of carbonyl (C=O) groups excluding carboxylic acids is 1. The number of aryl methyl sites for hydroxylation is 1. The van der Waals surface area contributed by atoms with E-state index in [4.69, 9.17) is 0 Å². The molecule has 0 unspecified atom stereocenters. The van der Waals surface area contributed by atoms with Gasteiger partial charge >= 0.3 is 6.18 Å². The molecule has 0 aliphatic rings. The van der Waals surface area contributed by atoms with Gasteiger partial charge in [-0.1, -0.05) is 78.0 Å². The number of nitrogens with zero attached hydrogens (tertiary/aromatic N) is 4. The molecule has 2 heterocycles. The number of carbonyl (C=O) groups is 1. The number of halogens is 3. The Balaban J connectivity index is 1.26. The number of hydrogen-bond donors (Lipinski definition) is 1. The van der Waals surface area contributed by atoms with E-state index in [0.29, 0.717) is 21.7 Å². The summed E-state index contributed by atoms with van der Waals surface area (Å²) in [5.74, 6) is 0.461. The van der Waals surface area contributed by atoms with Crippen LogP contribution in [-0.2, 0) is 17.4 Å². The van der Waals surface area contributed by atoms with Gasteiger partial charge in [-0.05, 0) is 30.7 Å². The van der Waals surface area contributed by atoms with E-state index in [1.807, 2.05) is 66.1 Å². The van der Waals surface area contributed by atoms with Gasteiger partial charge in [-0.3, -0.25) is 9.36 Å². The molecule has 0 fully saturated rings. The monoisotopic (exact) mass is 565 g/mol. The summed E-state index contributed by atoms with van der Waals surface area (Å²) in [5, 5.41) is 12.5. The molecule has 0 spiro atoms. The van der Waals surface area contributed by atoms with Gasteiger partial charge in [-0.2, -0.15) is 13.2 Å². The summed E-state index contributed by atoms with van der Waals surface area (Å²) in [6, 6.07) is 22.9. The van der Waals surface area contributed by atoms with Crippen LogP contribution in [-0.4, -0.2) is 31.4 Å². The maximum Gasteiger partial charge on any atom is 0.416 e. The number of nitrogens with one attached hydrogen (secondary N) is 1. The molecule has 0 aliphatic carbocycles. The van der Waals surface area contributed by atoms with Gasteiger partial charge in [0, 0.05) is 28.7 Å². The number of aromatic nitrogens is 4. The Kier molecular flexibility index (Phi) is 7.80. The fourth-order valence-electron chi connectivity index (χ4n) is 3.86. The Morgan fingerprint density at radius 1 is 1.00 bits per heavy atom. The molecule has 0 bridgehead atoms. The number of anilines is 1. The number of thioether (sulfide) groups is 1. The molecule has 0 saturated carbocycles. The maximum atomic E-state index is 13.0. The van der Waals surface area contributed by atoms with Gasteiger partial charge in [0.05, 0.1) is 11.3 Å². The molecule has 0 saturated heterocycles. The largest absolute Gasteiger partial charge is 0.416 e. The number of hydrogen-bond acceptors (Lipinski definition) is 6. The molecular formula is C28H22F3N5OS2. The Bertz CT molecular complexity index is 1580. The van der Waals surface area contributed by atoms with Gasteiger partial charge in [0.15, 0.2) is 16.1 Å². The number of rotatable bonds is 8. The third-order valence-corrected chi connectivity index (χ3v) is 7.56. The number of amides is 1. The summed E-state index contributed by atoms with van der Waals surface area (Å²) >= 11 is 2.48. The van der Waals surface area contributed by atoms with E-state index in [1.165, 1.54) is 29.2 Å². The van der Waals surface area contributed by atoms with Crippen LogP contribution in [0.5, 0.6) is 0 Å². The predicted molar refractivity (Wildman–Crippen MR) is 147 cm³/mol. The normalized spacial score (nSPS) is 11.5. The third-order valence-electron chi connectivity index (χ3n) is 5.72. The van der Waals surface area contributed by atoms with Crippen molar-refractivity contribution in [2.75, 3.05) is 11.1 Å². The highest BCUT2D eigenvalue weighted by Gasteiger charge is 2.30. The lowest BCUT2D eigenvalue weighted by atomic mass is 10.1. The van der Waals surface area contributed by atoms with Crippen molar-refractivity contribution < 1.29 is 18.0 Å². The molecule has 6 nitrogen and oxygen atoms in total. The Morgan fingerprint density at radius 2 is 1.77 bits per heavy atom. The van der Waals surface area contributed by atoms with Crippen molar-refractivity contribution in [1.82, 2.24) is 19.7 Å². The fourth-order valence-corrected chi connectivity index (χ4v) is 5.47. The van der Waals surface area contributed by atoms with Crippen molar-refractivity contribution in [3.8, 4) is 17.1 Å². The minimum atomic E-state index is -4.40. The van der Waals surface area contributed by atoms with Crippen molar-refractivity contribution >= 4 is 34.1 Å². The topological polar surface area (TPSA) is 72.7 Å². The maximum absolute atomic E-state index is 13.0. The van der Waals surface area contributed by atoms with Crippen LogP contribution in [0.3, 0.4) is 0 Å². The smallest absolute Gasteiger partial charge is 0.301 e. The highest BCUT2D eigenvalue weighted by Crippen LogP contribution is 2.31. The molecule has 11 heteroatoms. The van der Waals surface area contributed by atoms with Crippen molar-refractivity contribution in [1.29, 1.82) is 0 Å². The Labute approximate surface area is 231 Å². The number of benzene rings is 3. The van der Waals surface area contributed by atoms with Gasteiger partial charge in [-0.25, -0.2) is 4.98 Å². The molecule has 3 aromatic carbocycles. The molecule has 0 radical (unpaired) electrons. The van der Waals surface area contributed by atoms with E-state index in [9.17, 15) is 18.0 Å². The van der Waals surface area contributed by atoms with Crippen LogP contribution in [0, 0.1) is 6.92 Å². The van der Waals surface area contributed by atoms with E-state index < -0.39 is 11.7 Å². The number of thiazole rings is 1. The highest BCUT2D eigenvalue weighted by molar-refractivity contribution is 7.99. The van der Waals surface area contributed by atoms with Crippen molar-refractivity contribution in [2.45, 2.75) is 24.7 Å². The van der Waals surface area contributed by atoms with Crippen molar-refractivity contribution in [3.63, 3.8) is 0 Å². The van der Waals surface area contributed by atoms with Crippen LogP contribution in [0.25, 0.3) is 17.1 Å². The average molecular weight is 566 g/mol.